The summed E-state index contributed by atoms with van der Waals surface area (Å²) in [7, 11) is 1.57. The summed E-state index contributed by atoms with van der Waals surface area (Å²) in [6, 6.07) is 6.84. The zero-order chi connectivity index (χ0) is 25.5. The van der Waals surface area contributed by atoms with Gasteiger partial charge in [-0.05, 0) is 69.1 Å². The van der Waals surface area contributed by atoms with Crippen LogP contribution in [0, 0.1) is 5.92 Å². The highest BCUT2D eigenvalue weighted by Gasteiger charge is 2.28. The van der Waals surface area contributed by atoms with Crippen molar-refractivity contribution >= 4 is 40.1 Å². The summed E-state index contributed by atoms with van der Waals surface area (Å²) in [5.41, 5.74) is 2.18. The van der Waals surface area contributed by atoms with Gasteiger partial charge in [-0.2, -0.15) is 0 Å². The molecule has 1 fully saturated rings. The molecule has 0 atom stereocenters. The number of thiophene rings is 1. The molecule has 2 heterocycles. The fraction of sp³-hybridized carbons (Fsp3) is 0.500. The lowest BCUT2D eigenvalue weighted by atomic mass is 9.95. The molecule has 9 nitrogen and oxygen atoms in total. The number of carbonyl (C=O) groups is 3. The maximum absolute atomic E-state index is 12.7. The Bertz CT molecular complexity index is 1090. The summed E-state index contributed by atoms with van der Waals surface area (Å²) in [4.78, 5) is 40.9. The van der Waals surface area contributed by atoms with E-state index >= 15 is 0 Å². The van der Waals surface area contributed by atoms with Gasteiger partial charge >= 0.3 is 18.0 Å². The van der Waals surface area contributed by atoms with E-state index in [9.17, 15) is 14.4 Å². The molecular weight excluding hydrogens is 480 g/mol. The number of piperidine rings is 1. The van der Waals surface area contributed by atoms with Crippen LogP contribution in [0.25, 0.3) is 0 Å². The van der Waals surface area contributed by atoms with Crippen molar-refractivity contribution in [2.45, 2.75) is 45.4 Å². The van der Waals surface area contributed by atoms with E-state index in [0.717, 1.165) is 44.1 Å². The Kier molecular flexibility index (Phi) is 8.69. The summed E-state index contributed by atoms with van der Waals surface area (Å²) in [5.74, 6) is 0.520. The molecule has 1 aliphatic carbocycles. The maximum Gasteiger partial charge on any atom is 0.341 e. The lowest BCUT2D eigenvalue weighted by molar-refractivity contribution is 0.0526. The zero-order valence-corrected chi connectivity index (χ0v) is 21.7. The zero-order valence-electron chi connectivity index (χ0n) is 20.9. The number of amides is 4. The molecule has 4 amide bonds. The highest BCUT2D eigenvalue weighted by Crippen LogP contribution is 2.38. The molecule has 1 saturated heterocycles. The molecule has 0 radical (unpaired) electrons. The second-order valence-electron chi connectivity index (χ2n) is 9.03. The summed E-state index contributed by atoms with van der Waals surface area (Å²) in [6.45, 7) is 3.81. The van der Waals surface area contributed by atoms with E-state index in [1.807, 2.05) is 18.2 Å². The van der Waals surface area contributed by atoms with Gasteiger partial charge in [-0.15, -0.1) is 11.3 Å². The van der Waals surface area contributed by atoms with E-state index in [0.29, 0.717) is 48.2 Å². The molecule has 3 N–H and O–H groups in total. The molecule has 0 unspecified atom stereocenters. The topological polar surface area (TPSA) is 109 Å². The number of aryl methyl sites for hydroxylation is 1. The van der Waals surface area contributed by atoms with Crippen molar-refractivity contribution in [1.29, 1.82) is 0 Å². The van der Waals surface area contributed by atoms with Gasteiger partial charge in [0.05, 0.1) is 25.0 Å². The first-order chi connectivity index (χ1) is 17.5. The van der Waals surface area contributed by atoms with Crippen LogP contribution in [0.2, 0.25) is 0 Å². The van der Waals surface area contributed by atoms with Crippen LogP contribution in [-0.2, 0) is 17.6 Å². The first-order valence-corrected chi connectivity index (χ1v) is 13.4. The average molecular weight is 515 g/mol. The van der Waals surface area contributed by atoms with Gasteiger partial charge in [0, 0.05) is 24.5 Å². The first-order valence-electron chi connectivity index (χ1n) is 12.6. The highest BCUT2D eigenvalue weighted by atomic mass is 32.1. The monoisotopic (exact) mass is 514 g/mol. The number of nitrogens with zero attached hydrogens (tertiary/aromatic N) is 1. The highest BCUT2D eigenvalue weighted by molar-refractivity contribution is 7.17. The van der Waals surface area contributed by atoms with Crippen LogP contribution in [0.4, 0.5) is 20.3 Å². The van der Waals surface area contributed by atoms with E-state index in [2.05, 4.69) is 16.0 Å². The molecular formula is C26H34N4O5S. The summed E-state index contributed by atoms with van der Waals surface area (Å²) >= 11 is 1.48. The smallest absolute Gasteiger partial charge is 0.341 e. The van der Waals surface area contributed by atoms with Crippen molar-refractivity contribution in [3.63, 3.8) is 0 Å². The average Bonchev–Trinajstić information content (AvgIpc) is 3.26. The summed E-state index contributed by atoms with van der Waals surface area (Å²) < 4.78 is 10.6. The van der Waals surface area contributed by atoms with E-state index in [4.69, 9.17) is 9.47 Å². The fourth-order valence-electron chi connectivity index (χ4n) is 4.74. The second kappa shape index (κ2) is 12.1. The van der Waals surface area contributed by atoms with Crippen molar-refractivity contribution < 1.29 is 23.9 Å². The maximum atomic E-state index is 12.7. The molecule has 4 rings (SSSR count). The molecule has 0 spiro atoms. The Hall–Kier alpha value is -3.27. The second-order valence-corrected chi connectivity index (χ2v) is 10.1. The number of nitrogens with one attached hydrogen (secondary N) is 3. The van der Waals surface area contributed by atoms with Gasteiger partial charge in [-0.1, -0.05) is 12.1 Å². The van der Waals surface area contributed by atoms with Crippen LogP contribution in [0.15, 0.2) is 24.3 Å². The van der Waals surface area contributed by atoms with Gasteiger partial charge in [-0.25, -0.2) is 14.4 Å². The number of hydrogen-bond donors (Lipinski definition) is 3. The summed E-state index contributed by atoms with van der Waals surface area (Å²) in [6.07, 6.45) is 5.49. The van der Waals surface area contributed by atoms with Crippen molar-refractivity contribution in [3.05, 3.63) is 40.3 Å². The SMILES string of the molecule is CCOC(=O)c1c(NC(=O)NCC2CCN(C(=O)Nc3ccccc3OC)CC2)sc2c1CCCC2. The normalized spacial score (nSPS) is 15.6. The molecule has 36 heavy (non-hydrogen) atoms. The standard InChI is InChI=1S/C26H34N4O5S/c1-3-35-24(31)22-18-8-4-7-11-21(18)36-23(22)29-25(32)27-16-17-12-14-30(15-13-17)26(33)28-19-9-5-6-10-20(19)34-2/h5-6,9-10,17H,3-4,7-8,11-16H2,1-2H3,(H,28,33)(H2,27,29,32). The number of likely N-dealkylation sites (tertiary alicyclic amines) is 1. The number of carbonyl (C=O) groups excluding carboxylic acids is 3. The molecule has 2 aliphatic rings. The van der Waals surface area contributed by atoms with Crippen LogP contribution in [-0.4, -0.2) is 56.3 Å². The lowest BCUT2D eigenvalue weighted by Crippen LogP contribution is -2.43. The van der Waals surface area contributed by atoms with Gasteiger partial charge in [0.15, 0.2) is 0 Å². The minimum Gasteiger partial charge on any atom is -0.495 e. The Labute approximate surface area is 215 Å². The number of urea groups is 2. The first kappa shape index (κ1) is 25.8. The Morgan fingerprint density at radius 3 is 2.58 bits per heavy atom. The van der Waals surface area contributed by atoms with E-state index in [-0.39, 0.29) is 23.9 Å². The minimum atomic E-state index is -0.369. The third-order valence-corrected chi connectivity index (χ3v) is 7.89. The number of para-hydroxylation sites is 2. The van der Waals surface area contributed by atoms with Crippen molar-refractivity contribution in [1.82, 2.24) is 10.2 Å². The number of fused-ring (bicyclic) bond motifs is 1. The van der Waals surface area contributed by atoms with Gasteiger partial charge < -0.3 is 25.0 Å². The van der Waals surface area contributed by atoms with E-state index < -0.39 is 0 Å². The molecule has 10 heteroatoms. The quantitative estimate of drug-likeness (QED) is 0.457. The fourth-order valence-corrected chi connectivity index (χ4v) is 6.01. The van der Waals surface area contributed by atoms with Gasteiger partial charge in [0.1, 0.15) is 10.8 Å². The van der Waals surface area contributed by atoms with Crippen molar-refractivity contribution in [2.75, 3.05) is 44.0 Å². The molecule has 1 aliphatic heterocycles. The number of esters is 1. The van der Waals surface area contributed by atoms with E-state index in [1.54, 1.807) is 25.0 Å². The molecule has 1 aromatic carbocycles. The minimum absolute atomic E-state index is 0.156. The predicted molar refractivity (Wildman–Crippen MR) is 140 cm³/mol. The van der Waals surface area contributed by atoms with Crippen LogP contribution >= 0.6 is 11.3 Å². The number of benzene rings is 1. The van der Waals surface area contributed by atoms with Gasteiger partial charge in [0.25, 0.3) is 0 Å². The van der Waals surface area contributed by atoms with Gasteiger partial charge in [0.2, 0.25) is 0 Å². The predicted octanol–water partition coefficient (Wildman–Crippen LogP) is 4.88. The van der Waals surface area contributed by atoms with Crippen LogP contribution in [0.1, 0.15) is 53.4 Å². The van der Waals surface area contributed by atoms with Crippen LogP contribution in [0.3, 0.4) is 0 Å². The van der Waals surface area contributed by atoms with Crippen LogP contribution in [0.5, 0.6) is 5.75 Å². The third kappa shape index (κ3) is 6.10. The Morgan fingerprint density at radius 2 is 1.83 bits per heavy atom. The Balaban J connectivity index is 1.26. The third-order valence-electron chi connectivity index (χ3n) is 6.68. The molecule has 194 valence electrons. The van der Waals surface area contributed by atoms with E-state index in [1.165, 1.54) is 16.2 Å². The molecule has 2 aromatic rings. The largest absolute Gasteiger partial charge is 0.495 e. The number of ether oxygens (including phenoxy) is 2. The van der Waals surface area contributed by atoms with Gasteiger partial charge in [-0.3, -0.25) is 5.32 Å². The Morgan fingerprint density at radius 1 is 1.08 bits per heavy atom. The van der Waals surface area contributed by atoms with Crippen LogP contribution < -0.4 is 20.7 Å². The molecule has 1 aromatic heterocycles. The lowest BCUT2D eigenvalue weighted by Gasteiger charge is -2.32. The van der Waals surface area contributed by atoms with Crippen molar-refractivity contribution in [3.8, 4) is 5.75 Å². The van der Waals surface area contributed by atoms with Crippen molar-refractivity contribution in [2.24, 2.45) is 5.92 Å². The number of anilines is 2. The number of hydrogen-bond acceptors (Lipinski definition) is 6. The molecule has 0 bridgehead atoms. The summed E-state index contributed by atoms with van der Waals surface area (Å²) in [5, 5.41) is 9.32. The molecule has 0 saturated carbocycles. The number of methoxy groups -OCH3 is 1. The number of rotatable bonds is 7.